The average Bonchev–Trinajstić information content (AvgIpc) is 2.88. The fourth-order valence-electron chi connectivity index (χ4n) is 2.93. The van der Waals surface area contributed by atoms with Crippen LogP contribution < -0.4 is 5.73 Å². The lowest BCUT2D eigenvalue weighted by Gasteiger charge is -2.30. The Morgan fingerprint density at radius 2 is 2.19 bits per heavy atom. The second kappa shape index (κ2) is 5.48. The van der Waals surface area contributed by atoms with E-state index in [2.05, 4.69) is 10.1 Å². The van der Waals surface area contributed by atoms with E-state index in [1.54, 1.807) is 29.5 Å². The maximum atomic E-state index is 12.5. The number of anilines is 1. The zero-order valence-electron chi connectivity index (χ0n) is 11.6. The van der Waals surface area contributed by atoms with Gasteiger partial charge in [0.2, 0.25) is 0 Å². The first-order valence-electron chi connectivity index (χ1n) is 6.99. The van der Waals surface area contributed by atoms with E-state index < -0.39 is 15.1 Å². The summed E-state index contributed by atoms with van der Waals surface area (Å²) < 4.78 is 26.6. The molecule has 2 aromatic heterocycles. The minimum absolute atomic E-state index is 0.241. The Bertz CT molecular complexity index is 712. The third-order valence-electron chi connectivity index (χ3n) is 3.91. The first-order chi connectivity index (χ1) is 10.1. The molecule has 112 valence electrons. The van der Waals surface area contributed by atoms with Gasteiger partial charge >= 0.3 is 0 Å². The molecule has 0 radical (unpaired) electrons. The van der Waals surface area contributed by atoms with Crippen molar-refractivity contribution in [1.82, 2.24) is 14.8 Å². The third-order valence-corrected chi connectivity index (χ3v) is 6.19. The molecule has 0 aromatic carbocycles. The van der Waals surface area contributed by atoms with Gasteiger partial charge in [0.25, 0.3) is 0 Å². The lowest BCUT2D eigenvalue weighted by molar-refractivity contribution is 0.438. The van der Waals surface area contributed by atoms with Crippen LogP contribution >= 0.6 is 0 Å². The lowest BCUT2D eigenvalue weighted by atomic mass is 10.0. The quantitative estimate of drug-likeness (QED) is 0.926. The van der Waals surface area contributed by atoms with Gasteiger partial charge in [-0.2, -0.15) is 5.10 Å². The zero-order chi connectivity index (χ0) is 14.9. The standard InChI is InChI=1S/C14H18N4O2S/c15-12-9-17-18(10-12)14(11-4-3-6-16-8-11)13-5-1-2-7-21(13,19)20/h3-4,6,8-10,13-14H,1-2,5,7,15H2. The van der Waals surface area contributed by atoms with E-state index >= 15 is 0 Å². The number of nitrogens with two attached hydrogens (primary N) is 1. The van der Waals surface area contributed by atoms with E-state index in [4.69, 9.17) is 5.73 Å². The second-order valence-corrected chi connectivity index (χ2v) is 7.73. The minimum Gasteiger partial charge on any atom is -0.396 e. The summed E-state index contributed by atoms with van der Waals surface area (Å²) in [5, 5.41) is 3.76. The van der Waals surface area contributed by atoms with Crippen molar-refractivity contribution < 1.29 is 8.42 Å². The van der Waals surface area contributed by atoms with Crippen LogP contribution in [-0.2, 0) is 9.84 Å². The molecule has 0 amide bonds. The summed E-state index contributed by atoms with van der Waals surface area (Å²) in [6, 6.07) is 3.32. The van der Waals surface area contributed by atoms with E-state index in [0.717, 1.165) is 18.4 Å². The SMILES string of the molecule is Nc1cnn(C(c2cccnc2)C2CCCCS2(=O)=O)c1. The number of aromatic nitrogens is 3. The topological polar surface area (TPSA) is 90.9 Å². The largest absolute Gasteiger partial charge is 0.396 e. The van der Waals surface area contributed by atoms with E-state index in [-0.39, 0.29) is 11.8 Å². The van der Waals surface area contributed by atoms with Crippen LogP contribution in [0.1, 0.15) is 30.9 Å². The Hall–Kier alpha value is -1.89. The molecule has 1 fully saturated rings. The predicted octanol–water partition coefficient (Wildman–Crippen LogP) is 1.42. The van der Waals surface area contributed by atoms with Gasteiger partial charge in [0.05, 0.1) is 28.9 Å². The van der Waals surface area contributed by atoms with E-state index in [0.29, 0.717) is 12.1 Å². The van der Waals surface area contributed by atoms with Gasteiger partial charge in [-0.3, -0.25) is 9.67 Å². The molecule has 2 unspecified atom stereocenters. The van der Waals surface area contributed by atoms with Crippen molar-refractivity contribution >= 4 is 15.5 Å². The highest BCUT2D eigenvalue weighted by atomic mass is 32.2. The molecule has 1 aliphatic heterocycles. The fraction of sp³-hybridized carbons (Fsp3) is 0.429. The maximum Gasteiger partial charge on any atom is 0.155 e. The second-order valence-electron chi connectivity index (χ2n) is 5.39. The summed E-state index contributed by atoms with van der Waals surface area (Å²) in [7, 11) is -3.14. The molecule has 3 rings (SSSR count). The van der Waals surface area contributed by atoms with Gasteiger partial charge in [-0.25, -0.2) is 8.42 Å². The van der Waals surface area contributed by atoms with Crippen LogP contribution in [-0.4, -0.2) is 34.2 Å². The first kappa shape index (κ1) is 14.1. The summed E-state index contributed by atoms with van der Waals surface area (Å²) in [5.41, 5.74) is 7.11. The Labute approximate surface area is 123 Å². The number of hydrogen-bond donors (Lipinski definition) is 1. The van der Waals surface area contributed by atoms with E-state index in [1.807, 2.05) is 12.1 Å². The van der Waals surface area contributed by atoms with Gasteiger partial charge in [0.1, 0.15) is 0 Å². The fourth-order valence-corrected chi connectivity index (χ4v) is 5.04. The molecular weight excluding hydrogens is 288 g/mol. The smallest absolute Gasteiger partial charge is 0.155 e. The molecule has 6 nitrogen and oxygen atoms in total. The number of nitrogen functional groups attached to an aromatic ring is 1. The van der Waals surface area contributed by atoms with Gasteiger partial charge < -0.3 is 5.73 Å². The number of sulfone groups is 1. The molecule has 2 N–H and O–H groups in total. The van der Waals surface area contributed by atoms with Crippen molar-refractivity contribution in [3.05, 3.63) is 42.5 Å². The molecular formula is C14H18N4O2S. The van der Waals surface area contributed by atoms with Gasteiger partial charge in [0, 0.05) is 18.6 Å². The molecule has 2 atom stereocenters. The van der Waals surface area contributed by atoms with Crippen molar-refractivity contribution in [2.45, 2.75) is 30.6 Å². The molecule has 2 aromatic rings. The van der Waals surface area contributed by atoms with Crippen LogP contribution in [0.25, 0.3) is 0 Å². The molecule has 21 heavy (non-hydrogen) atoms. The summed E-state index contributed by atoms with van der Waals surface area (Å²) in [6.45, 7) is 0. The highest BCUT2D eigenvalue weighted by molar-refractivity contribution is 7.92. The first-order valence-corrected chi connectivity index (χ1v) is 8.70. The van der Waals surface area contributed by atoms with Crippen LogP contribution in [0.2, 0.25) is 0 Å². The number of pyridine rings is 1. The van der Waals surface area contributed by atoms with Gasteiger partial charge in [-0.15, -0.1) is 0 Å². The molecule has 0 saturated carbocycles. The lowest BCUT2D eigenvalue weighted by Crippen LogP contribution is -2.37. The summed E-state index contributed by atoms with van der Waals surface area (Å²) >= 11 is 0. The summed E-state index contributed by atoms with van der Waals surface area (Å²) in [5.74, 6) is 0.241. The van der Waals surface area contributed by atoms with E-state index in [9.17, 15) is 8.42 Å². The van der Waals surface area contributed by atoms with Crippen LogP contribution in [0, 0.1) is 0 Å². The Kier molecular flexibility index (Phi) is 3.67. The molecule has 3 heterocycles. The van der Waals surface area contributed by atoms with Crippen molar-refractivity contribution in [2.24, 2.45) is 0 Å². The Morgan fingerprint density at radius 3 is 2.81 bits per heavy atom. The van der Waals surface area contributed by atoms with Crippen LogP contribution in [0.4, 0.5) is 5.69 Å². The minimum atomic E-state index is -3.14. The van der Waals surface area contributed by atoms with Gasteiger partial charge in [-0.05, 0) is 24.5 Å². The predicted molar refractivity (Wildman–Crippen MR) is 80.4 cm³/mol. The molecule has 0 aliphatic carbocycles. The van der Waals surface area contributed by atoms with Crippen molar-refractivity contribution in [3.8, 4) is 0 Å². The highest BCUT2D eigenvalue weighted by Gasteiger charge is 2.38. The number of rotatable bonds is 3. The molecule has 0 spiro atoms. The van der Waals surface area contributed by atoms with Crippen LogP contribution in [0.5, 0.6) is 0 Å². The highest BCUT2D eigenvalue weighted by Crippen LogP contribution is 2.33. The maximum absolute atomic E-state index is 12.5. The Morgan fingerprint density at radius 1 is 1.33 bits per heavy atom. The third kappa shape index (κ3) is 2.78. The summed E-state index contributed by atoms with van der Waals surface area (Å²) in [4.78, 5) is 4.11. The number of nitrogens with zero attached hydrogens (tertiary/aromatic N) is 3. The number of hydrogen-bond acceptors (Lipinski definition) is 5. The molecule has 7 heteroatoms. The molecule has 1 aliphatic rings. The summed E-state index contributed by atoms with van der Waals surface area (Å²) in [6.07, 6.45) is 8.89. The van der Waals surface area contributed by atoms with Crippen molar-refractivity contribution in [1.29, 1.82) is 0 Å². The van der Waals surface area contributed by atoms with Crippen molar-refractivity contribution in [3.63, 3.8) is 0 Å². The van der Waals surface area contributed by atoms with Crippen LogP contribution in [0.15, 0.2) is 36.9 Å². The molecule has 0 bridgehead atoms. The normalized spacial score (nSPS) is 22.8. The van der Waals surface area contributed by atoms with E-state index in [1.165, 1.54) is 0 Å². The average molecular weight is 306 g/mol. The Balaban J connectivity index is 2.08. The zero-order valence-corrected chi connectivity index (χ0v) is 12.4. The van der Waals surface area contributed by atoms with Gasteiger partial charge in [0.15, 0.2) is 9.84 Å². The van der Waals surface area contributed by atoms with Crippen molar-refractivity contribution in [2.75, 3.05) is 11.5 Å². The molecule has 1 saturated heterocycles. The monoisotopic (exact) mass is 306 g/mol. The van der Waals surface area contributed by atoms with Crippen LogP contribution in [0.3, 0.4) is 0 Å². The van der Waals surface area contributed by atoms with Gasteiger partial charge in [-0.1, -0.05) is 12.5 Å².